The molecule has 9 nitrogen and oxygen atoms in total. The number of hydrogen-bond acceptors (Lipinski definition) is 5. The Morgan fingerprint density at radius 2 is 2.23 bits per heavy atom. The van der Waals surface area contributed by atoms with Gasteiger partial charge in [-0.15, -0.1) is 0 Å². The van der Waals surface area contributed by atoms with Gasteiger partial charge in [-0.05, 0) is 12.5 Å². The van der Waals surface area contributed by atoms with Crippen LogP contribution in [0, 0.1) is 0 Å². The first-order valence-electron chi connectivity index (χ1n) is 6.56. The fourth-order valence-corrected chi connectivity index (χ4v) is 3.73. The van der Waals surface area contributed by atoms with E-state index in [0.717, 1.165) is 0 Å². The van der Waals surface area contributed by atoms with Crippen molar-refractivity contribution in [2.24, 2.45) is 7.05 Å². The number of carbonyl (C=O) groups excluding carboxylic acids is 2. The monoisotopic (exact) mass is 326 g/mol. The number of likely N-dealkylation sites (tertiary alicyclic amines) is 1. The standard InChI is InChI=1S/C12H14N4O5S/c1-14-6-8(13-7-14)2-3-10(17)15-5-4-9-11(15)12(18)16(9)22(19,20)21/h2-3,6-7,9,11H,4-5H2,1H3,(H,19,20,21)/b3-2+/t9-,11+/m1/s1. The van der Waals surface area contributed by atoms with Gasteiger partial charge in [-0.1, -0.05) is 0 Å². The van der Waals surface area contributed by atoms with Crippen LogP contribution in [0.25, 0.3) is 6.08 Å². The molecule has 1 N–H and O–H groups in total. The van der Waals surface area contributed by atoms with Gasteiger partial charge in [-0.3, -0.25) is 14.1 Å². The molecule has 2 atom stereocenters. The van der Waals surface area contributed by atoms with Crippen LogP contribution < -0.4 is 0 Å². The molecule has 0 aromatic carbocycles. The first-order chi connectivity index (χ1) is 10.3. The maximum absolute atomic E-state index is 12.1. The van der Waals surface area contributed by atoms with E-state index in [9.17, 15) is 18.0 Å². The highest BCUT2D eigenvalue weighted by Crippen LogP contribution is 2.35. The van der Waals surface area contributed by atoms with Crippen LogP contribution in [0.1, 0.15) is 12.1 Å². The molecule has 22 heavy (non-hydrogen) atoms. The van der Waals surface area contributed by atoms with Crippen molar-refractivity contribution in [3.8, 4) is 0 Å². The highest BCUT2D eigenvalue weighted by atomic mass is 32.2. The van der Waals surface area contributed by atoms with Crippen LogP contribution in [0.15, 0.2) is 18.6 Å². The number of carbonyl (C=O) groups is 2. The number of imidazole rings is 1. The van der Waals surface area contributed by atoms with Crippen LogP contribution in [0.3, 0.4) is 0 Å². The van der Waals surface area contributed by atoms with E-state index < -0.39 is 28.3 Å². The van der Waals surface area contributed by atoms with Crippen LogP contribution in [0.5, 0.6) is 0 Å². The van der Waals surface area contributed by atoms with Crippen molar-refractivity contribution >= 4 is 28.2 Å². The molecule has 0 aliphatic carbocycles. The zero-order valence-corrected chi connectivity index (χ0v) is 12.5. The van der Waals surface area contributed by atoms with Crippen molar-refractivity contribution in [1.82, 2.24) is 18.8 Å². The summed E-state index contributed by atoms with van der Waals surface area (Å²) in [6, 6.07) is -1.49. The number of hydrogen-bond donors (Lipinski definition) is 1. The van der Waals surface area contributed by atoms with Crippen molar-refractivity contribution in [3.63, 3.8) is 0 Å². The molecule has 118 valence electrons. The van der Waals surface area contributed by atoms with Crippen LogP contribution in [-0.2, 0) is 26.9 Å². The molecular weight excluding hydrogens is 312 g/mol. The highest BCUT2D eigenvalue weighted by molar-refractivity contribution is 7.84. The molecule has 2 aliphatic heterocycles. The zero-order valence-electron chi connectivity index (χ0n) is 11.7. The number of fused-ring (bicyclic) bond motifs is 1. The third kappa shape index (κ3) is 2.29. The van der Waals surface area contributed by atoms with Gasteiger partial charge in [-0.2, -0.15) is 8.42 Å². The lowest BCUT2D eigenvalue weighted by atomic mass is 10.0. The van der Waals surface area contributed by atoms with Gasteiger partial charge in [0.2, 0.25) is 5.91 Å². The maximum Gasteiger partial charge on any atom is 0.362 e. The lowest BCUT2D eigenvalue weighted by Gasteiger charge is -2.42. The SMILES string of the molecule is Cn1cnc(/C=C/C(=O)N2CC[C@@H]3[C@H]2C(=O)N3S(=O)(=O)O)c1. The van der Waals surface area contributed by atoms with Crippen LogP contribution in [0.2, 0.25) is 0 Å². The molecule has 3 rings (SSSR count). The van der Waals surface area contributed by atoms with E-state index in [2.05, 4.69) is 4.98 Å². The summed E-state index contributed by atoms with van der Waals surface area (Å²) >= 11 is 0. The molecule has 1 aromatic rings. The van der Waals surface area contributed by atoms with Crippen LogP contribution in [-0.4, -0.2) is 62.2 Å². The summed E-state index contributed by atoms with van der Waals surface area (Å²) in [7, 11) is -2.76. The largest absolute Gasteiger partial charge is 0.362 e. The van der Waals surface area contributed by atoms with E-state index in [1.807, 2.05) is 0 Å². The summed E-state index contributed by atoms with van der Waals surface area (Å²) in [6.45, 7) is 0.262. The second kappa shape index (κ2) is 4.92. The van der Waals surface area contributed by atoms with Gasteiger partial charge in [-0.25, -0.2) is 9.29 Å². The van der Waals surface area contributed by atoms with Gasteiger partial charge in [0.25, 0.3) is 5.91 Å². The average molecular weight is 326 g/mol. The average Bonchev–Trinajstić information content (AvgIpc) is 2.98. The van der Waals surface area contributed by atoms with Gasteiger partial charge in [0.1, 0.15) is 6.04 Å². The normalized spacial score (nSPS) is 24.7. The summed E-state index contributed by atoms with van der Waals surface area (Å²) in [5, 5.41) is 0. The fourth-order valence-electron chi connectivity index (χ4n) is 2.83. The number of rotatable bonds is 3. The van der Waals surface area contributed by atoms with E-state index in [0.29, 0.717) is 16.4 Å². The summed E-state index contributed by atoms with van der Waals surface area (Å²) in [4.78, 5) is 29.3. The molecule has 10 heteroatoms. The quantitative estimate of drug-likeness (QED) is 0.435. The first-order valence-corrected chi connectivity index (χ1v) is 7.96. The minimum Gasteiger partial charge on any atom is -0.340 e. The Labute approximate surface area is 126 Å². The van der Waals surface area contributed by atoms with Crippen molar-refractivity contribution in [1.29, 1.82) is 0 Å². The Bertz CT molecular complexity index is 768. The van der Waals surface area contributed by atoms with Gasteiger partial charge in [0, 0.05) is 25.9 Å². The summed E-state index contributed by atoms with van der Waals surface area (Å²) in [5.41, 5.74) is 0.603. The fraction of sp³-hybridized carbons (Fsp3) is 0.417. The van der Waals surface area contributed by atoms with Crippen molar-refractivity contribution in [2.45, 2.75) is 18.5 Å². The van der Waals surface area contributed by atoms with E-state index in [-0.39, 0.29) is 12.5 Å². The van der Waals surface area contributed by atoms with Crippen LogP contribution >= 0.6 is 0 Å². The minimum atomic E-state index is -4.56. The molecule has 0 radical (unpaired) electrons. The smallest absolute Gasteiger partial charge is 0.340 e. The third-order valence-electron chi connectivity index (χ3n) is 3.79. The number of amides is 2. The Morgan fingerprint density at radius 3 is 2.82 bits per heavy atom. The zero-order chi connectivity index (χ0) is 16.1. The first kappa shape index (κ1) is 14.7. The summed E-state index contributed by atoms with van der Waals surface area (Å²) < 4.78 is 33.3. The Morgan fingerprint density at radius 1 is 1.50 bits per heavy atom. The van der Waals surface area contributed by atoms with Crippen molar-refractivity contribution in [2.75, 3.05) is 6.54 Å². The second-order valence-electron chi connectivity index (χ2n) is 5.24. The Kier molecular flexibility index (Phi) is 3.29. The van der Waals surface area contributed by atoms with E-state index in [4.69, 9.17) is 4.55 Å². The van der Waals surface area contributed by atoms with E-state index in [1.165, 1.54) is 17.1 Å². The number of nitrogens with zero attached hydrogens (tertiary/aromatic N) is 4. The van der Waals surface area contributed by atoms with E-state index in [1.54, 1.807) is 24.1 Å². The van der Waals surface area contributed by atoms with Gasteiger partial charge in [0.05, 0.1) is 18.1 Å². The second-order valence-corrected chi connectivity index (χ2v) is 6.53. The molecule has 2 fully saturated rings. The van der Waals surface area contributed by atoms with Gasteiger partial charge < -0.3 is 9.47 Å². The third-order valence-corrected chi connectivity index (χ3v) is 4.74. The number of aromatic nitrogens is 2. The molecule has 0 unspecified atom stereocenters. The molecule has 2 saturated heterocycles. The molecule has 1 aromatic heterocycles. The predicted molar refractivity (Wildman–Crippen MR) is 74.5 cm³/mol. The highest BCUT2D eigenvalue weighted by Gasteiger charge is 2.59. The molecule has 2 aliphatic rings. The molecule has 0 bridgehead atoms. The lowest BCUT2D eigenvalue weighted by Crippen LogP contribution is -2.68. The van der Waals surface area contributed by atoms with Crippen LogP contribution in [0.4, 0.5) is 0 Å². The van der Waals surface area contributed by atoms with Crippen molar-refractivity contribution < 1.29 is 22.6 Å². The molecule has 3 heterocycles. The van der Waals surface area contributed by atoms with Crippen molar-refractivity contribution in [3.05, 3.63) is 24.3 Å². The number of β-lactam (4-membered cyclic amide) rings is 1. The lowest BCUT2D eigenvalue weighted by molar-refractivity contribution is -0.149. The molecular formula is C12H14N4O5S. The van der Waals surface area contributed by atoms with Gasteiger partial charge >= 0.3 is 10.3 Å². The number of aryl methyl sites for hydroxylation is 1. The maximum atomic E-state index is 12.1. The Balaban J connectivity index is 1.71. The summed E-state index contributed by atoms with van der Waals surface area (Å²) in [6.07, 6.45) is 6.47. The molecule has 0 spiro atoms. The van der Waals surface area contributed by atoms with E-state index >= 15 is 0 Å². The minimum absolute atomic E-state index is 0.262. The topological polar surface area (TPSA) is 113 Å². The molecule has 0 saturated carbocycles. The molecule has 2 amide bonds. The summed E-state index contributed by atoms with van der Waals surface area (Å²) in [5.74, 6) is -1.16. The predicted octanol–water partition coefficient (Wildman–Crippen LogP) is -0.952. The van der Waals surface area contributed by atoms with Gasteiger partial charge in [0.15, 0.2) is 0 Å². The Hall–Kier alpha value is -2.20.